The third-order valence-corrected chi connectivity index (χ3v) is 3.57. The number of amides is 1. The van der Waals surface area contributed by atoms with Crippen LogP contribution in [-0.2, 0) is 4.79 Å². The molecule has 7 nitrogen and oxygen atoms in total. The normalized spacial score (nSPS) is 12.0. The van der Waals surface area contributed by atoms with Crippen LogP contribution >= 0.6 is 22.6 Å². The van der Waals surface area contributed by atoms with E-state index in [0.717, 1.165) is 6.07 Å². The first-order valence-electron chi connectivity index (χ1n) is 5.71. The van der Waals surface area contributed by atoms with Crippen LogP contribution in [0.25, 0.3) is 0 Å². The molecule has 20 heavy (non-hydrogen) atoms. The van der Waals surface area contributed by atoms with Crippen molar-refractivity contribution in [2.75, 3.05) is 0 Å². The molecule has 1 aromatic rings. The number of nitro benzene ring substituents is 1. The minimum atomic E-state index is -1.14. The molecule has 0 unspecified atom stereocenters. The van der Waals surface area contributed by atoms with E-state index in [1.807, 2.05) is 22.6 Å². The van der Waals surface area contributed by atoms with E-state index in [1.165, 1.54) is 12.1 Å². The van der Waals surface area contributed by atoms with E-state index in [0.29, 0.717) is 3.57 Å². The lowest BCUT2D eigenvalue weighted by Crippen LogP contribution is -2.44. The summed E-state index contributed by atoms with van der Waals surface area (Å²) in [5.74, 6) is -2.08. The first-order valence-corrected chi connectivity index (χ1v) is 6.79. The van der Waals surface area contributed by atoms with Crippen molar-refractivity contribution < 1.29 is 19.6 Å². The van der Waals surface area contributed by atoms with Crippen LogP contribution in [0.5, 0.6) is 0 Å². The highest BCUT2D eigenvalue weighted by atomic mass is 127. The van der Waals surface area contributed by atoms with Gasteiger partial charge in [0, 0.05) is 15.7 Å². The molecule has 0 saturated carbocycles. The van der Waals surface area contributed by atoms with Gasteiger partial charge in [-0.1, -0.05) is 13.8 Å². The summed E-state index contributed by atoms with van der Waals surface area (Å²) in [7, 11) is 0. The van der Waals surface area contributed by atoms with Crippen LogP contribution in [0.15, 0.2) is 18.2 Å². The zero-order chi connectivity index (χ0) is 15.4. The second kappa shape index (κ2) is 6.64. The summed E-state index contributed by atoms with van der Waals surface area (Å²) in [4.78, 5) is 33.2. The molecule has 1 atom stereocenters. The lowest BCUT2D eigenvalue weighted by Gasteiger charge is -2.18. The van der Waals surface area contributed by atoms with Gasteiger partial charge in [-0.2, -0.15) is 0 Å². The topological polar surface area (TPSA) is 110 Å². The minimum absolute atomic E-state index is 0.0895. The SMILES string of the molecule is CC(C)[C@@H](NC(=O)c1cc([N+](=O)[O-])ccc1I)C(=O)O. The van der Waals surface area contributed by atoms with Gasteiger partial charge in [0.05, 0.1) is 10.5 Å². The molecule has 0 fully saturated rings. The first kappa shape index (κ1) is 16.3. The number of nitrogens with one attached hydrogen (secondary N) is 1. The summed E-state index contributed by atoms with van der Waals surface area (Å²) < 4.78 is 0.513. The first-order chi connectivity index (χ1) is 9.23. The van der Waals surface area contributed by atoms with Gasteiger partial charge in [-0.05, 0) is 34.6 Å². The van der Waals surface area contributed by atoms with E-state index in [9.17, 15) is 19.7 Å². The predicted molar refractivity (Wildman–Crippen MR) is 79.5 cm³/mol. The molecule has 0 saturated heterocycles. The lowest BCUT2D eigenvalue weighted by molar-refractivity contribution is -0.384. The van der Waals surface area contributed by atoms with Crippen LogP contribution in [0.4, 0.5) is 5.69 Å². The second-order valence-electron chi connectivity index (χ2n) is 4.45. The van der Waals surface area contributed by atoms with Crippen molar-refractivity contribution in [1.82, 2.24) is 5.32 Å². The average Bonchev–Trinajstić information content (AvgIpc) is 2.34. The third-order valence-electron chi connectivity index (χ3n) is 2.62. The maximum atomic E-state index is 12.1. The largest absolute Gasteiger partial charge is 0.480 e. The Kier molecular flexibility index (Phi) is 5.43. The molecule has 1 amide bonds. The van der Waals surface area contributed by atoms with Crippen molar-refractivity contribution >= 4 is 40.2 Å². The number of non-ortho nitro benzene ring substituents is 1. The van der Waals surface area contributed by atoms with Crippen LogP contribution < -0.4 is 5.32 Å². The van der Waals surface area contributed by atoms with Crippen molar-refractivity contribution in [3.63, 3.8) is 0 Å². The Hall–Kier alpha value is -1.71. The summed E-state index contributed by atoms with van der Waals surface area (Å²) in [5, 5.41) is 22.1. The molecular weight excluding hydrogens is 379 g/mol. The van der Waals surface area contributed by atoms with E-state index >= 15 is 0 Å². The fourth-order valence-corrected chi connectivity index (χ4v) is 2.11. The molecule has 0 aromatic heterocycles. The van der Waals surface area contributed by atoms with Crippen molar-refractivity contribution in [2.45, 2.75) is 19.9 Å². The Balaban J connectivity index is 3.05. The number of benzene rings is 1. The van der Waals surface area contributed by atoms with Crippen LogP contribution in [0.1, 0.15) is 24.2 Å². The monoisotopic (exact) mass is 392 g/mol. The van der Waals surface area contributed by atoms with Crippen LogP contribution in [0, 0.1) is 19.6 Å². The Labute approximate surface area is 128 Å². The van der Waals surface area contributed by atoms with Gasteiger partial charge in [-0.3, -0.25) is 14.9 Å². The number of rotatable bonds is 5. The molecule has 2 N–H and O–H groups in total. The molecule has 0 spiro atoms. The molecule has 0 bridgehead atoms. The number of carboxylic acid groups (broad SMARTS) is 1. The molecule has 0 radical (unpaired) electrons. The smallest absolute Gasteiger partial charge is 0.326 e. The summed E-state index contributed by atoms with van der Waals surface area (Å²) in [5.41, 5.74) is -0.126. The van der Waals surface area contributed by atoms with E-state index < -0.39 is 22.8 Å². The van der Waals surface area contributed by atoms with E-state index in [1.54, 1.807) is 13.8 Å². The van der Waals surface area contributed by atoms with Gasteiger partial charge in [-0.15, -0.1) is 0 Å². The van der Waals surface area contributed by atoms with Crippen LogP contribution in [-0.4, -0.2) is 27.9 Å². The maximum Gasteiger partial charge on any atom is 0.326 e. The molecule has 1 aromatic carbocycles. The van der Waals surface area contributed by atoms with Gasteiger partial charge in [0.2, 0.25) is 0 Å². The minimum Gasteiger partial charge on any atom is -0.480 e. The number of aliphatic carboxylic acids is 1. The van der Waals surface area contributed by atoms with Crippen molar-refractivity contribution in [2.24, 2.45) is 5.92 Å². The van der Waals surface area contributed by atoms with Gasteiger partial charge >= 0.3 is 5.97 Å². The third kappa shape index (κ3) is 3.89. The maximum absolute atomic E-state index is 12.1. The Morgan fingerprint density at radius 1 is 1.40 bits per heavy atom. The van der Waals surface area contributed by atoms with Crippen molar-refractivity contribution in [3.8, 4) is 0 Å². The van der Waals surface area contributed by atoms with Crippen molar-refractivity contribution in [1.29, 1.82) is 0 Å². The number of hydrogen-bond donors (Lipinski definition) is 2. The van der Waals surface area contributed by atoms with Gasteiger partial charge in [0.15, 0.2) is 0 Å². The standard InChI is InChI=1S/C12H13IN2O5/c1-6(2)10(12(17)18)14-11(16)8-5-7(15(19)20)3-4-9(8)13/h3-6,10H,1-2H3,(H,14,16)(H,17,18)/t10-/m1/s1. The highest BCUT2D eigenvalue weighted by Gasteiger charge is 2.25. The fourth-order valence-electron chi connectivity index (χ4n) is 1.53. The van der Waals surface area contributed by atoms with Crippen LogP contribution in [0.3, 0.4) is 0 Å². The Bertz CT molecular complexity index is 559. The van der Waals surface area contributed by atoms with E-state index in [-0.39, 0.29) is 17.2 Å². The molecule has 108 valence electrons. The number of nitrogens with zero attached hydrogens (tertiary/aromatic N) is 1. The van der Waals surface area contributed by atoms with Gasteiger partial charge in [-0.25, -0.2) is 4.79 Å². The number of carboxylic acids is 1. The molecule has 8 heteroatoms. The van der Waals surface area contributed by atoms with E-state index in [2.05, 4.69) is 5.32 Å². The summed E-state index contributed by atoms with van der Waals surface area (Å²) in [6, 6.07) is 2.82. The quantitative estimate of drug-likeness (QED) is 0.453. The number of carbonyl (C=O) groups excluding carboxylic acids is 1. The zero-order valence-electron chi connectivity index (χ0n) is 10.8. The van der Waals surface area contributed by atoms with Crippen molar-refractivity contribution in [3.05, 3.63) is 37.4 Å². The summed E-state index contributed by atoms with van der Waals surface area (Å²) in [6.45, 7) is 3.33. The summed E-state index contributed by atoms with van der Waals surface area (Å²) in [6.07, 6.45) is 0. The predicted octanol–water partition coefficient (Wildman–Crippen LogP) is 2.04. The van der Waals surface area contributed by atoms with Gasteiger partial charge in [0.1, 0.15) is 6.04 Å². The average molecular weight is 392 g/mol. The lowest BCUT2D eigenvalue weighted by atomic mass is 10.0. The van der Waals surface area contributed by atoms with Crippen LogP contribution in [0.2, 0.25) is 0 Å². The Morgan fingerprint density at radius 2 is 2.00 bits per heavy atom. The zero-order valence-corrected chi connectivity index (χ0v) is 12.9. The number of hydrogen-bond acceptors (Lipinski definition) is 4. The number of halogens is 1. The number of nitro groups is 1. The van der Waals surface area contributed by atoms with E-state index in [4.69, 9.17) is 5.11 Å². The molecule has 0 aliphatic rings. The molecule has 0 aliphatic heterocycles. The number of carbonyl (C=O) groups is 2. The molecule has 0 aliphatic carbocycles. The fraction of sp³-hybridized carbons (Fsp3) is 0.333. The van der Waals surface area contributed by atoms with Gasteiger partial charge in [0.25, 0.3) is 11.6 Å². The molecule has 0 heterocycles. The Morgan fingerprint density at radius 3 is 2.45 bits per heavy atom. The highest BCUT2D eigenvalue weighted by molar-refractivity contribution is 14.1. The van der Waals surface area contributed by atoms with Gasteiger partial charge < -0.3 is 10.4 Å². The molecular formula is C12H13IN2O5. The summed E-state index contributed by atoms with van der Waals surface area (Å²) >= 11 is 1.87. The highest BCUT2D eigenvalue weighted by Crippen LogP contribution is 2.20. The molecule has 1 rings (SSSR count). The second-order valence-corrected chi connectivity index (χ2v) is 5.62.